The molecule has 27 heavy (non-hydrogen) atoms. The van der Waals surface area contributed by atoms with Gasteiger partial charge in [0.25, 0.3) is 0 Å². The molecule has 3 aromatic rings. The van der Waals surface area contributed by atoms with Crippen molar-refractivity contribution >= 4 is 28.3 Å². The van der Waals surface area contributed by atoms with Gasteiger partial charge in [0, 0.05) is 34.1 Å². The van der Waals surface area contributed by atoms with Crippen LogP contribution in [0.25, 0.3) is 10.9 Å². The second-order valence-corrected chi connectivity index (χ2v) is 7.65. The summed E-state index contributed by atoms with van der Waals surface area (Å²) in [6.45, 7) is 2.26. The Morgan fingerprint density at radius 3 is 2.85 bits per heavy atom. The molecule has 0 bridgehead atoms. The molecule has 1 saturated carbocycles. The lowest BCUT2D eigenvalue weighted by Crippen LogP contribution is -2.15. The Bertz CT molecular complexity index is 1050. The Morgan fingerprint density at radius 1 is 1.41 bits per heavy atom. The average Bonchev–Trinajstić information content (AvgIpc) is 3.33. The molecule has 1 fully saturated rings. The highest BCUT2D eigenvalue weighted by atomic mass is 35.5. The predicted molar refractivity (Wildman–Crippen MR) is 106 cm³/mol. The van der Waals surface area contributed by atoms with Gasteiger partial charge in [0.2, 0.25) is 0 Å². The number of benzene rings is 1. The largest absolute Gasteiger partial charge is 0.495 e. The molecule has 2 aromatic heterocycles. The van der Waals surface area contributed by atoms with Crippen LogP contribution in [0.2, 0.25) is 5.02 Å². The summed E-state index contributed by atoms with van der Waals surface area (Å²) in [6, 6.07) is 9.42. The van der Waals surface area contributed by atoms with Crippen molar-refractivity contribution in [1.29, 1.82) is 0 Å². The third-order valence-corrected chi connectivity index (χ3v) is 5.61. The Kier molecular flexibility index (Phi) is 4.23. The second-order valence-electron chi connectivity index (χ2n) is 7.25. The maximum atomic E-state index is 8.91. The number of methoxy groups -OCH3 is 1. The minimum atomic E-state index is -0.00129. The van der Waals surface area contributed by atoms with E-state index >= 15 is 0 Å². The second kappa shape index (κ2) is 6.46. The predicted octanol–water partition coefficient (Wildman–Crippen LogP) is 3.96. The first kappa shape index (κ1) is 17.7. The van der Waals surface area contributed by atoms with Crippen molar-refractivity contribution in [2.45, 2.75) is 31.6 Å². The number of halogens is 1. The smallest absolute Gasteiger partial charge is 0.188 e. The molecule has 0 saturated heterocycles. The Labute approximate surface area is 162 Å². The first-order chi connectivity index (χ1) is 12.9. The van der Waals surface area contributed by atoms with E-state index < -0.39 is 0 Å². The Hall–Kier alpha value is -2.73. The number of amidine groups is 1. The molecular weight excluding hydrogens is 364 g/mol. The maximum Gasteiger partial charge on any atom is 0.188 e. The van der Waals surface area contributed by atoms with Gasteiger partial charge in [-0.05, 0) is 42.7 Å². The standard InChI is InChI=1S/C20H21ClN4O2/c1-20(6-7-20)18-13(8-11-4-3-5-15(23-11)19(22)25-26)12-9-17(27-2)14(21)10-16(12)24-18/h3-5,9-10,24,26H,6-8H2,1-2H3,(H2,22,25). The van der Waals surface area contributed by atoms with E-state index in [1.807, 2.05) is 24.3 Å². The summed E-state index contributed by atoms with van der Waals surface area (Å²) >= 11 is 6.32. The van der Waals surface area contributed by atoms with Gasteiger partial charge in [-0.25, -0.2) is 4.98 Å². The number of nitrogens with two attached hydrogens (primary N) is 1. The summed E-state index contributed by atoms with van der Waals surface area (Å²) in [6.07, 6.45) is 2.92. The first-order valence-corrected chi connectivity index (χ1v) is 9.15. The number of oxime groups is 1. The molecule has 7 heteroatoms. The number of aromatic amines is 1. The van der Waals surface area contributed by atoms with Crippen molar-refractivity contribution in [3.05, 3.63) is 58.0 Å². The van der Waals surface area contributed by atoms with Crippen molar-refractivity contribution in [1.82, 2.24) is 9.97 Å². The van der Waals surface area contributed by atoms with Gasteiger partial charge >= 0.3 is 0 Å². The molecule has 1 aliphatic rings. The van der Waals surface area contributed by atoms with Gasteiger partial charge in [-0.1, -0.05) is 29.7 Å². The number of fused-ring (bicyclic) bond motifs is 1. The van der Waals surface area contributed by atoms with Gasteiger partial charge in [-0.2, -0.15) is 0 Å². The van der Waals surface area contributed by atoms with Gasteiger partial charge in [0.05, 0.1) is 12.1 Å². The highest BCUT2D eigenvalue weighted by Crippen LogP contribution is 2.50. The molecule has 0 aliphatic heterocycles. The molecule has 0 radical (unpaired) electrons. The molecule has 140 valence electrons. The SMILES string of the molecule is COc1cc2c(Cc3cccc(C(N)=NO)n3)c(C3(C)CC3)[nH]c2cc1Cl. The molecule has 6 nitrogen and oxygen atoms in total. The zero-order valence-corrected chi connectivity index (χ0v) is 16.0. The van der Waals surface area contributed by atoms with E-state index in [0.717, 1.165) is 29.4 Å². The molecule has 0 amide bonds. The molecule has 1 aromatic carbocycles. The van der Waals surface area contributed by atoms with Crippen molar-refractivity contribution in [3.63, 3.8) is 0 Å². The summed E-state index contributed by atoms with van der Waals surface area (Å²) < 4.78 is 5.41. The minimum absolute atomic E-state index is 0.00129. The van der Waals surface area contributed by atoms with E-state index in [1.54, 1.807) is 13.2 Å². The number of hydrogen-bond acceptors (Lipinski definition) is 4. The summed E-state index contributed by atoms with van der Waals surface area (Å²) in [5.41, 5.74) is 10.5. The topological polar surface area (TPSA) is 96.5 Å². The fraction of sp³-hybridized carbons (Fsp3) is 0.300. The Balaban J connectivity index is 1.85. The van der Waals surface area contributed by atoms with Crippen LogP contribution in [-0.2, 0) is 11.8 Å². The number of H-pyrrole nitrogens is 1. The van der Waals surface area contributed by atoms with Gasteiger partial charge in [0.1, 0.15) is 11.4 Å². The van der Waals surface area contributed by atoms with Gasteiger partial charge in [-0.15, -0.1) is 0 Å². The number of nitrogens with zero attached hydrogens (tertiary/aromatic N) is 2. The van der Waals surface area contributed by atoms with Gasteiger partial charge in [-0.3, -0.25) is 0 Å². The fourth-order valence-electron chi connectivity index (χ4n) is 3.50. The monoisotopic (exact) mass is 384 g/mol. The lowest BCUT2D eigenvalue weighted by Gasteiger charge is -2.11. The van der Waals surface area contributed by atoms with E-state index in [4.69, 9.17) is 27.3 Å². The quantitative estimate of drug-likeness (QED) is 0.268. The van der Waals surface area contributed by atoms with E-state index in [2.05, 4.69) is 22.0 Å². The van der Waals surface area contributed by atoms with Crippen molar-refractivity contribution < 1.29 is 9.94 Å². The minimum Gasteiger partial charge on any atom is -0.495 e. The van der Waals surface area contributed by atoms with Crippen molar-refractivity contribution in [2.75, 3.05) is 7.11 Å². The molecule has 0 atom stereocenters. The van der Waals surface area contributed by atoms with Crippen LogP contribution in [0, 0.1) is 0 Å². The Morgan fingerprint density at radius 2 is 2.19 bits per heavy atom. The lowest BCUT2D eigenvalue weighted by atomic mass is 9.96. The first-order valence-electron chi connectivity index (χ1n) is 8.77. The van der Waals surface area contributed by atoms with Crippen molar-refractivity contribution in [3.8, 4) is 5.75 Å². The summed E-state index contributed by atoms with van der Waals surface area (Å²) in [5.74, 6) is 0.647. The highest BCUT2D eigenvalue weighted by Gasteiger charge is 2.42. The fourth-order valence-corrected chi connectivity index (χ4v) is 3.74. The molecular formula is C20H21ClN4O2. The molecule has 4 N–H and O–H groups in total. The number of aromatic nitrogens is 2. The van der Waals surface area contributed by atoms with E-state index in [9.17, 15) is 0 Å². The average molecular weight is 385 g/mol. The zero-order chi connectivity index (χ0) is 19.2. The van der Waals surface area contributed by atoms with E-state index in [-0.39, 0.29) is 11.3 Å². The van der Waals surface area contributed by atoms with Crippen LogP contribution in [-0.4, -0.2) is 28.1 Å². The molecule has 0 unspecified atom stereocenters. The molecule has 4 rings (SSSR count). The molecule has 2 heterocycles. The van der Waals surface area contributed by atoms with Crippen LogP contribution in [0.5, 0.6) is 5.75 Å². The third kappa shape index (κ3) is 3.10. The van der Waals surface area contributed by atoms with Crippen LogP contribution in [0.15, 0.2) is 35.5 Å². The summed E-state index contributed by atoms with van der Waals surface area (Å²) in [4.78, 5) is 8.11. The van der Waals surface area contributed by atoms with Crippen LogP contribution in [0.1, 0.15) is 42.4 Å². The normalized spacial score (nSPS) is 15.9. The molecule has 0 spiro atoms. The number of nitrogens with one attached hydrogen (secondary N) is 1. The summed E-state index contributed by atoms with van der Waals surface area (Å²) in [7, 11) is 1.62. The lowest BCUT2D eigenvalue weighted by molar-refractivity contribution is 0.318. The van der Waals surface area contributed by atoms with E-state index in [1.165, 1.54) is 11.3 Å². The van der Waals surface area contributed by atoms with Crippen LogP contribution in [0.4, 0.5) is 0 Å². The third-order valence-electron chi connectivity index (χ3n) is 5.32. The van der Waals surface area contributed by atoms with Crippen LogP contribution >= 0.6 is 11.6 Å². The maximum absolute atomic E-state index is 8.91. The molecule has 1 aliphatic carbocycles. The zero-order valence-electron chi connectivity index (χ0n) is 15.2. The highest BCUT2D eigenvalue weighted by molar-refractivity contribution is 6.32. The van der Waals surface area contributed by atoms with Gasteiger partial charge in [0.15, 0.2) is 5.84 Å². The number of rotatable bonds is 5. The van der Waals surface area contributed by atoms with Crippen LogP contribution in [0.3, 0.4) is 0 Å². The number of hydrogen-bond donors (Lipinski definition) is 3. The van der Waals surface area contributed by atoms with Crippen LogP contribution < -0.4 is 10.5 Å². The summed E-state index contributed by atoms with van der Waals surface area (Å²) in [5, 5.41) is 13.6. The number of pyridine rings is 1. The number of ether oxygens (including phenoxy) is 1. The van der Waals surface area contributed by atoms with Crippen molar-refractivity contribution in [2.24, 2.45) is 10.9 Å². The van der Waals surface area contributed by atoms with E-state index in [0.29, 0.717) is 22.9 Å². The van der Waals surface area contributed by atoms with Gasteiger partial charge < -0.3 is 20.7 Å².